The van der Waals surface area contributed by atoms with Crippen LogP contribution in [0.2, 0.25) is 0 Å². The van der Waals surface area contributed by atoms with Crippen LogP contribution in [0.4, 0.5) is 0 Å². The van der Waals surface area contributed by atoms with Crippen molar-refractivity contribution in [3.05, 3.63) is 52.2 Å². The van der Waals surface area contributed by atoms with Crippen molar-refractivity contribution in [2.24, 2.45) is 0 Å². The number of ether oxygens (including phenoxy) is 1. The van der Waals surface area contributed by atoms with E-state index in [0.717, 1.165) is 17.0 Å². The third kappa shape index (κ3) is 4.30. The van der Waals surface area contributed by atoms with Crippen molar-refractivity contribution < 1.29 is 9.84 Å². The zero-order chi connectivity index (χ0) is 15.3. The van der Waals surface area contributed by atoms with Crippen LogP contribution in [0.25, 0.3) is 0 Å². The van der Waals surface area contributed by atoms with Gasteiger partial charge in [-0.15, -0.1) is 11.3 Å². The van der Waals surface area contributed by atoms with E-state index >= 15 is 0 Å². The molecular formula is C17H23NO2S. The molecule has 21 heavy (non-hydrogen) atoms. The van der Waals surface area contributed by atoms with E-state index in [0.29, 0.717) is 6.54 Å². The number of aliphatic hydroxyl groups is 1. The van der Waals surface area contributed by atoms with Gasteiger partial charge in [-0.2, -0.15) is 0 Å². The van der Waals surface area contributed by atoms with Crippen LogP contribution >= 0.6 is 11.3 Å². The maximum absolute atomic E-state index is 10.5. The molecule has 2 aromatic rings. The molecule has 0 saturated heterocycles. The Labute approximate surface area is 130 Å². The average Bonchev–Trinajstić information content (AvgIpc) is 3.01. The van der Waals surface area contributed by atoms with Crippen LogP contribution in [0.3, 0.4) is 0 Å². The SMILES string of the molecule is COc1ccccc1C[C@H](C)NC[C@](C)(O)c1cccs1. The summed E-state index contributed by atoms with van der Waals surface area (Å²) in [5, 5.41) is 15.9. The van der Waals surface area contributed by atoms with Crippen LogP contribution in [0.5, 0.6) is 5.75 Å². The van der Waals surface area contributed by atoms with E-state index in [2.05, 4.69) is 18.3 Å². The molecule has 2 N–H and O–H groups in total. The Kier molecular flexibility index (Phi) is 5.39. The van der Waals surface area contributed by atoms with Crippen molar-refractivity contribution in [2.45, 2.75) is 31.9 Å². The number of benzene rings is 1. The van der Waals surface area contributed by atoms with Gasteiger partial charge in [-0.25, -0.2) is 0 Å². The summed E-state index contributed by atoms with van der Waals surface area (Å²) in [6.07, 6.45) is 0.866. The number of hydrogen-bond donors (Lipinski definition) is 2. The van der Waals surface area contributed by atoms with Gasteiger partial charge < -0.3 is 15.2 Å². The Morgan fingerprint density at radius 1 is 1.29 bits per heavy atom. The van der Waals surface area contributed by atoms with Gasteiger partial charge in [0, 0.05) is 17.5 Å². The van der Waals surface area contributed by atoms with Crippen LogP contribution in [-0.4, -0.2) is 24.8 Å². The molecule has 0 aliphatic carbocycles. The molecule has 3 nitrogen and oxygen atoms in total. The third-order valence-corrected chi connectivity index (χ3v) is 4.69. The molecule has 4 heteroatoms. The summed E-state index contributed by atoms with van der Waals surface area (Å²) in [6, 6.07) is 12.2. The average molecular weight is 305 g/mol. The largest absolute Gasteiger partial charge is 0.496 e. The molecule has 0 saturated carbocycles. The highest BCUT2D eigenvalue weighted by Gasteiger charge is 2.24. The van der Waals surface area contributed by atoms with E-state index in [9.17, 15) is 5.11 Å². The predicted octanol–water partition coefficient (Wildman–Crippen LogP) is 3.19. The van der Waals surface area contributed by atoms with E-state index in [1.165, 1.54) is 5.56 Å². The zero-order valence-electron chi connectivity index (χ0n) is 12.8. The third-order valence-electron chi connectivity index (χ3n) is 3.57. The van der Waals surface area contributed by atoms with Gasteiger partial charge in [0.15, 0.2) is 0 Å². The normalized spacial score (nSPS) is 15.4. The molecule has 0 spiro atoms. The van der Waals surface area contributed by atoms with Gasteiger partial charge in [0.1, 0.15) is 11.4 Å². The molecule has 0 unspecified atom stereocenters. The smallest absolute Gasteiger partial charge is 0.122 e. The minimum atomic E-state index is -0.830. The molecule has 2 atom stereocenters. The predicted molar refractivity (Wildman–Crippen MR) is 88.1 cm³/mol. The number of methoxy groups -OCH3 is 1. The Morgan fingerprint density at radius 3 is 2.71 bits per heavy atom. The van der Waals surface area contributed by atoms with Crippen LogP contribution < -0.4 is 10.1 Å². The maximum atomic E-state index is 10.5. The van der Waals surface area contributed by atoms with Crippen LogP contribution in [0.1, 0.15) is 24.3 Å². The minimum absolute atomic E-state index is 0.257. The summed E-state index contributed by atoms with van der Waals surface area (Å²) in [5.41, 5.74) is 0.346. The first kappa shape index (κ1) is 16.0. The molecule has 0 radical (unpaired) electrons. The molecule has 0 aliphatic rings. The summed E-state index contributed by atoms with van der Waals surface area (Å²) in [6.45, 7) is 4.50. The standard InChI is InChI=1S/C17H23NO2S/c1-13(11-14-7-4-5-8-15(14)20-3)18-12-17(2,19)16-9-6-10-21-16/h4-10,13,18-19H,11-12H2,1-3H3/t13-,17-/m0/s1. The van der Waals surface area contributed by atoms with Crippen molar-refractivity contribution in [2.75, 3.05) is 13.7 Å². The van der Waals surface area contributed by atoms with E-state index < -0.39 is 5.60 Å². The summed E-state index contributed by atoms with van der Waals surface area (Å²) >= 11 is 1.58. The highest BCUT2D eigenvalue weighted by molar-refractivity contribution is 7.10. The van der Waals surface area contributed by atoms with Gasteiger partial charge in [0.2, 0.25) is 0 Å². The van der Waals surface area contributed by atoms with Crippen LogP contribution in [-0.2, 0) is 12.0 Å². The Bertz CT molecular complexity index is 552. The fraction of sp³-hybridized carbons (Fsp3) is 0.412. The topological polar surface area (TPSA) is 41.5 Å². The van der Waals surface area contributed by atoms with Crippen molar-refractivity contribution in [1.29, 1.82) is 0 Å². The lowest BCUT2D eigenvalue weighted by Crippen LogP contribution is -2.40. The first-order valence-electron chi connectivity index (χ1n) is 7.14. The van der Waals surface area contributed by atoms with Gasteiger partial charge >= 0.3 is 0 Å². The summed E-state index contributed by atoms with van der Waals surface area (Å²) in [4.78, 5) is 0.986. The lowest BCUT2D eigenvalue weighted by molar-refractivity contribution is 0.0581. The Hall–Kier alpha value is -1.36. The molecule has 2 rings (SSSR count). The number of hydrogen-bond acceptors (Lipinski definition) is 4. The quantitative estimate of drug-likeness (QED) is 0.825. The van der Waals surface area contributed by atoms with Gasteiger partial charge in [0.05, 0.1) is 7.11 Å². The molecule has 0 fully saturated rings. The highest BCUT2D eigenvalue weighted by atomic mass is 32.1. The lowest BCUT2D eigenvalue weighted by atomic mass is 10.0. The van der Waals surface area contributed by atoms with E-state index in [-0.39, 0.29) is 6.04 Å². The second kappa shape index (κ2) is 7.07. The first-order valence-corrected chi connectivity index (χ1v) is 8.02. The van der Waals surface area contributed by atoms with E-state index in [1.807, 2.05) is 42.6 Å². The Morgan fingerprint density at radius 2 is 2.05 bits per heavy atom. The zero-order valence-corrected chi connectivity index (χ0v) is 13.6. The second-order valence-corrected chi connectivity index (χ2v) is 6.50. The monoisotopic (exact) mass is 305 g/mol. The molecule has 0 bridgehead atoms. The maximum Gasteiger partial charge on any atom is 0.122 e. The van der Waals surface area contributed by atoms with Crippen LogP contribution in [0, 0.1) is 0 Å². The molecule has 0 amide bonds. The van der Waals surface area contributed by atoms with Gasteiger partial charge in [0.25, 0.3) is 0 Å². The molecule has 114 valence electrons. The fourth-order valence-corrected chi connectivity index (χ4v) is 3.11. The lowest BCUT2D eigenvalue weighted by Gasteiger charge is -2.25. The highest BCUT2D eigenvalue weighted by Crippen LogP contribution is 2.25. The number of nitrogens with one attached hydrogen (secondary N) is 1. The van der Waals surface area contributed by atoms with E-state index in [1.54, 1.807) is 18.4 Å². The fourth-order valence-electron chi connectivity index (χ4n) is 2.32. The van der Waals surface area contributed by atoms with Gasteiger partial charge in [-0.05, 0) is 43.3 Å². The number of rotatable bonds is 7. The minimum Gasteiger partial charge on any atom is -0.496 e. The van der Waals surface area contributed by atoms with Crippen molar-refractivity contribution in [3.63, 3.8) is 0 Å². The molecule has 0 aliphatic heterocycles. The summed E-state index contributed by atoms with van der Waals surface area (Å²) in [5.74, 6) is 0.913. The van der Waals surface area contributed by atoms with Crippen molar-refractivity contribution >= 4 is 11.3 Å². The molecule has 1 aromatic carbocycles. The summed E-state index contributed by atoms with van der Waals surface area (Å²) < 4.78 is 5.38. The van der Waals surface area contributed by atoms with Crippen molar-refractivity contribution in [1.82, 2.24) is 5.32 Å². The Balaban J connectivity index is 1.92. The number of para-hydroxylation sites is 1. The number of thiophene rings is 1. The first-order chi connectivity index (χ1) is 10.0. The van der Waals surface area contributed by atoms with Crippen molar-refractivity contribution in [3.8, 4) is 5.75 Å². The molecular weight excluding hydrogens is 282 g/mol. The van der Waals surface area contributed by atoms with Crippen LogP contribution in [0.15, 0.2) is 41.8 Å². The van der Waals surface area contributed by atoms with Gasteiger partial charge in [-0.1, -0.05) is 24.3 Å². The molecule has 1 heterocycles. The molecule has 1 aromatic heterocycles. The van der Waals surface area contributed by atoms with E-state index in [4.69, 9.17) is 4.74 Å². The summed E-state index contributed by atoms with van der Waals surface area (Å²) in [7, 11) is 1.69. The second-order valence-electron chi connectivity index (χ2n) is 5.55. The van der Waals surface area contributed by atoms with Gasteiger partial charge in [-0.3, -0.25) is 0 Å².